The van der Waals surface area contributed by atoms with Crippen molar-refractivity contribution in [2.75, 3.05) is 0 Å². The van der Waals surface area contributed by atoms with Crippen LogP contribution in [0.3, 0.4) is 0 Å². The van der Waals surface area contributed by atoms with Gasteiger partial charge in [0.2, 0.25) is 0 Å². The Kier molecular flexibility index (Phi) is 2.54. The van der Waals surface area contributed by atoms with Crippen LogP contribution in [-0.4, -0.2) is 10.8 Å². The summed E-state index contributed by atoms with van der Waals surface area (Å²) in [6.45, 7) is 0. The van der Waals surface area contributed by atoms with Crippen LogP contribution in [0.5, 0.6) is 0 Å². The van der Waals surface area contributed by atoms with Gasteiger partial charge in [-0.1, -0.05) is 12.1 Å². The molecule has 0 atom stereocenters. The summed E-state index contributed by atoms with van der Waals surface area (Å²) in [6.07, 6.45) is 10.8. The van der Waals surface area contributed by atoms with Crippen LogP contribution < -0.4 is 0 Å². The molecule has 2 heteroatoms. The Morgan fingerprint density at radius 3 is 3.07 bits per heavy atom. The number of ketones is 1. The van der Waals surface area contributed by atoms with Gasteiger partial charge in [0.25, 0.3) is 0 Å². The molecule has 70 valence electrons. The van der Waals surface area contributed by atoms with Crippen molar-refractivity contribution in [2.24, 2.45) is 0 Å². The molecule has 2 rings (SSSR count). The molecular weight excluding hydrogens is 174 g/mol. The van der Waals surface area contributed by atoms with E-state index in [-0.39, 0.29) is 5.78 Å². The van der Waals surface area contributed by atoms with Crippen LogP contribution in [0.4, 0.5) is 0 Å². The second kappa shape index (κ2) is 4.01. The number of pyridine rings is 1. The second-order valence-electron chi connectivity index (χ2n) is 3.26. The lowest BCUT2D eigenvalue weighted by atomic mass is 9.98. The highest BCUT2D eigenvalue weighted by atomic mass is 16.1. The largest absolute Gasteiger partial charge is 0.290 e. The van der Waals surface area contributed by atoms with E-state index in [1.54, 1.807) is 18.5 Å². The fourth-order valence-corrected chi connectivity index (χ4v) is 1.47. The molecule has 0 radical (unpaired) electrons. The Hall–Kier alpha value is -1.70. The van der Waals surface area contributed by atoms with Crippen LogP contribution in [0.25, 0.3) is 6.08 Å². The predicted molar refractivity (Wildman–Crippen MR) is 55.6 cm³/mol. The number of aromatic nitrogens is 1. The fraction of sp³-hybridized carbons (Fsp3) is 0.167. The van der Waals surface area contributed by atoms with E-state index in [1.807, 2.05) is 24.3 Å². The zero-order chi connectivity index (χ0) is 9.80. The van der Waals surface area contributed by atoms with Crippen LogP contribution in [0.2, 0.25) is 0 Å². The average molecular weight is 185 g/mol. The summed E-state index contributed by atoms with van der Waals surface area (Å²) in [6, 6.07) is 3.82. The summed E-state index contributed by atoms with van der Waals surface area (Å²) >= 11 is 0. The number of hydrogen-bond donors (Lipinski definition) is 0. The van der Waals surface area contributed by atoms with Gasteiger partial charge in [-0.05, 0) is 36.6 Å². The van der Waals surface area contributed by atoms with Crippen molar-refractivity contribution in [3.63, 3.8) is 0 Å². The molecule has 0 unspecified atom stereocenters. The van der Waals surface area contributed by atoms with Crippen LogP contribution >= 0.6 is 0 Å². The first-order chi connectivity index (χ1) is 6.86. The smallest absolute Gasteiger partial charge is 0.181 e. The van der Waals surface area contributed by atoms with Crippen molar-refractivity contribution in [2.45, 2.75) is 12.8 Å². The normalized spacial score (nSPS) is 18.9. The first-order valence-electron chi connectivity index (χ1n) is 4.68. The Morgan fingerprint density at radius 1 is 1.43 bits per heavy atom. The van der Waals surface area contributed by atoms with Gasteiger partial charge in [0.15, 0.2) is 5.78 Å². The van der Waals surface area contributed by atoms with E-state index in [2.05, 4.69) is 4.98 Å². The van der Waals surface area contributed by atoms with E-state index in [1.165, 1.54) is 0 Å². The monoisotopic (exact) mass is 185 g/mol. The predicted octanol–water partition coefficient (Wildman–Crippen LogP) is 2.38. The minimum absolute atomic E-state index is 0.125. The molecule has 1 aromatic heterocycles. The Bertz CT molecular complexity index is 390. The number of allylic oxidation sites excluding steroid dienone is 3. The summed E-state index contributed by atoms with van der Waals surface area (Å²) in [4.78, 5) is 15.4. The van der Waals surface area contributed by atoms with Crippen molar-refractivity contribution in [3.8, 4) is 0 Å². The molecular formula is C12H11NO. The second-order valence-corrected chi connectivity index (χ2v) is 3.26. The molecule has 0 bridgehead atoms. The first-order valence-corrected chi connectivity index (χ1v) is 4.68. The molecule has 0 aromatic carbocycles. The highest BCUT2D eigenvalue weighted by Gasteiger charge is 2.09. The number of rotatable bonds is 1. The van der Waals surface area contributed by atoms with Crippen LogP contribution in [0.1, 0.15) is 18.4 Å². The van der Waals surface area contributed by atoms with Crippen molar-refractivity contribution in [1.82, 2.24) is 4.98 Å². The van der Waals surface area contributed by atoms with Crippen LogP contribution in [0, 0.1) is 0 Å². The minimum atomic E-state index is 0.125. The number of nitrogens with zero attached hydrogens (tertiary/aromatic N) is 1. The summed E-state index contributed by atoms with van der Waals surface area (Å²) < 4.78 is 0. The highest BCUT2D eigenvalue weighted by molar-refractivity contribution is 6.07. The van der Waals surface area contributed by atoms with Crippen LogP contribution in [0.15, 0.2) is 42.3 Å². The molecule has 0 spiro atoms. The third-order valence-electron chi connectivity index (χ3n) is 2.19. The average Bonchev–Trinajstić information content (AvgIpc) is 2.23. The maximum absolute atomic E-state index is 11.4. The van der Waals surface area contributed by atoms with E-state index in [4.69, 9.17) is 0 Å². The molecule has 0 N–H and O–H groups in total. The number of hydrogen-bond acceptors (Lipinski definition) is 2. The van der Waals surface area contributed by atoms with E-state index in [9.17, 15) is 4.79 Å². The molecule has 0 amide bonds. The molecule has 0 saturated heterocycles. The zero-order valence-electron chi connectivity index (χ0n) is 7.81. The molecule has 14 heavy (non-hydrogen) atoms. The number of carbonyl (C=O) groups is 1. The third kappa shape index (κ3) is 1.96. The highest BCUT2D eigenvalue weighted by Crippen LogP contribution is 2.16. The van der Waals surface area contributed by atoms with Crippen molar-refractivity contribution in [3.05, 3.63) is 47.8 Å². The van der Waals surface area contributed by atoms with E-state index < -0.39 is 0 Å². The minimum Gasteiger partial charge on any atom is -0.290 e. The molecule has 0 aliphatic heterocycles. The van der Waals surface area contributed by atoms with Gasteiger partial charge in [-0.15, -0.1) is 0 Å². The first kappa shape index (κ1) is 8.88. The molecule has 1 aromatic rings. The molecule has 2 nitrogen and oxygen atoms in total. The van der Waals surface area contributed by atoms with Gasteiger partial charge in [0, 0.05) is 18.0 Å². The lowest BCUT2D eigenvalue weighted by Crippen LogP contribution is -2.02. The van der Waals surface area contributed by atoms with Crippen molar-refractivity contribution in [1.29, 1.82) is 0 Å². The molecule has 0 saturated carbocycles. The van der Waals surface area contributed by atoms with Gasteiger partial charge < -0.3 is 0 Å². The Labute approximate surface area is 83.0 Å². The standard InChI is InChI=1S/C12H11NO/c14-12-6-2-1-5-11(12)8-10-4-3-7-13-9-10/h2-4,6-9H,1,5H2/b11-8+. The number of carbonyl (C=O) groups excluding carboxylic acids is 1. The van der Waals surface area contributed by atoms with Crippen molar-refractivity contribution < 1.29 is 4.79 Å². The molecule has 1 aliphatic carbocycles. The third-order valence-corrected chi connectivity index (χ3v) is 2.19. The van der Waals surface area contributed by atoms with Gasteiger partial charge >= 0.3 is 0 Å². The fourth-order valence-electron chi connectivity index (χ4n) is 1.47. The summed E-state index contributed by atoms with van der Waals surface area (Å²) in [5.41, 5.74) is 1.87. The van der Waals surface area contributed by atoms with E-state index in [0.717, 1.165) is 24.0 Å². The molecule has 1 heterocycles. The lowest BCUT2D eigenvalue weighted by Gasteiger charge is -2.06. The maximum atomic E-state index is 11.4. The maximum Gasteiger partial charge on any atom is 0.181 e. The Balaban J connectivity index is 2.27. The summed E-state index contributed by atoms with van der Waals surface area (Å²) in [5.74, 6) is 0.125. The van der Waals surface area contributed by atoms with Crippen LogP contribution in [-0.2, 0) is 4.79 Å². The van der Waals surface area contributed by atoms with Gasteiger partial charge in [0.1, 0.15) is 0 Å². The Morgan fingerprint density at radius 2 is 2.36 bits per heavy atom. The summed E-state index contributed by atoms with van der Waals surface area (Å²) in [5, 5.41) is 0. The van der Waals surface area contributed by atoms with Gasteiger partial charge in [0.05, 0.1) is 0 Å². The lowest BCUT2D eigenvalue weighted by molar-refractivity contribution is -0.111. The molecule has 0 fully saturated rings. The van der Waals surface area contributed by atoms with Crippen molar-refractivity contribution >= 4 is 11.9 Å². The van der Waals surface area contributed by atoms with Gasteiger partial charge in [-0.2, -0.15) is 0 Å². The quantitative estimate of drug-likeness (QED) is 0.629. The summed E-state index contributed by atoms with van der Waals surface area (Å²) in [7, 11) is 0. The van der Waals surface area contributed by atoms with Gasteiger partial charge in [-0.25, -0.2) is 0 Å². The van der Waals surface area contributed by atoms with E-state index in [0.29, 0.717) is 0 Å². The topological polar surface area (TPSA) is 30.0 Å². The van der Waals surface area contributed by atoms with E-state index >= 15 is 0 Å². The molecule has 1 aliphatic rings. The SMILES string of the molecule is O=C1C=CCC/C1=C\c1cccnc1. The zero-order valence-corrected chi connectivity index (χ0v) is 7.81. The van der Waals surface area contributed by atoms with Gasteiger partial charge in [-0.3, -0.25) is 9.78 Å².